The normalized spacial score (nSPS) is 10.6. The molecule has 124 valence electrons. The van der Waals surface area contributed by atoms with Gasteiger partial charge < -0.3 is 19.2 Å². The second-order valence-corrected chi connectivity index (χ2v) is 5.50. The maximum atomic E-state index is 11.9. The highest BCUT2D eigenvalue weighted by atomic mass is 35.5. The molecule has 24 heavy (non-hydrogen) atoms. The van der Waals surface area contributed by atoms with Gasteiger partial charge in [-0.25, -0.2) is 4.98 Å². The monoisotopic (exact) mass is 345 g/mol. The number of carbonyl (C=O) groups is 1. The molecule has 0 unspecified atom stereocenters. The van der Waals surface area contributed by atoms with Gasteiger partial charge in [0, 0.05) is 17.4 Å². The summed E-state index contributed by atoms with van der Waals surface area (Å²) >= 11 is 5.93. The van der Waals surface area contributed by atoms with E-state index in [0.29, 0.717) is 23.1 Å². The Morgan fingerprint density at radius 2 is 2.08 bits per heavy atom. The van der Waals surface area contributed by atoms with E-state index in [2.05, 4.69) is 10.3 Å². The fourth-order valence-corrected chi connectivity index (χ4v) is 2.37. The first-order chi connectivity index (χ1) is 11.7. The number of imidazole rings is 1. The molecule has 0 saturated heterocycles. The van der Waals surface area contributed by atoms with Crippen molar-refractivity contribution in [2.75, 3.05) is 13.7 Å². The van der Waals surface area contributed by atoms with Gasteiger partial charge >= 0.3 is 0 Å². The molecule has 2 heterocycles. The number of aromatic nitrogens is 2. The van der Waals surface area contributed by atoms with Gasteiger partial charge in [-0.1, -0.05) is 23.7 Å². The zero-order chi connectivity index (χ0) is 16.9. The minimum absolute atomic E-state index is 0.0976. The average molecular weight is 346 g/mol. The molecular formula is C17H16ClN3O3. The van der Waals surface area contributed by atoms with E-state index in [0.717, 1.165) is 11.3 Å². The van der Waals surface area contributed by atoms with Crippen molar-refractivity contribution in [2.24, 2.45) is 0 Å². The van der Waals surface area contributed by atoms with Crippen LogP contribution in [0.15, 0.2) is 48.8 Å². The summed E-state index contributed by atoms with van der Waals surface area (Å²) < 4.78 is 12.5. The SMILES string of the molecule is COc1ccccc1OCC(=O)NCc1cn2ccc(Cl)cc2n1. The highest BCUT2D eigenvalue weighted by molar-refractivity contribution is 6.30. The van der Waals surface area contributed by atoms with Crippen LogP contribution in [0.5, 0.6) is 11.5 Å². The van der Waals surface area contributed by atoms with Crippen molar-refractivity contribution in [2.45, 2.75) is 6.54 Å². The number of rotatable bonds is 6. The van der Waals surface area contributed by atoms with Crippen molar-refractivity contribution in [3.8, 4) is 11.5 Å². The van der Waals surface area contributed by atoms with E-state index in [1.165, 1.54) is 0 Å². The number of amides is 1. The lowest BCUT2D eigenvalue weighted by molar-refractivity contribution is -0.123. The molecule has 7 heteroatoms. The van der Waals surface area contributed by atoms with Crippen LogP contribution in [0.25, 0.3) is 5.65 Å². The molecule has 2 aromatic heterocycles. The van der Waals surface area contributed by atoms with E-state index in [1.54, 1.807) is 31.4 Å². The largest absolute Gasteiger partial charge is 0.493 e. The van der Waals surface area contributed by atoms with Gasteiger partial charge in [0.15, 0.2) is 18.1 Å². The van der Waals surface area contributed by atoms with E-state index in [4.69, 9.17) is 21.1 Å². The molecule has 0 bridgehead atoms. The fourth-order valence-electron chi connectivity index (χ4n) is 2.22. The summed E-state index contributed by atoms with van der Waals surface area (Å²) in [5.74, 6) is 0.871. The summed E-state index contributed by atoms with van der Waals surface area (Å²) in [6.45, 7) is 0.215. The van der Waals surface area contributed by atoms with Gasteiger partial charge in [-0.05, 0) is 24.3 Å². The summed E-state index contributed by atoms with van der Waals surface area (Å²) in [5, 5.41) is 3.39. The van der Waals surface area contributed by atoms with Crippen molar-refractivity contribution in [1.29, 1.82) is 0 Å². The lowest BCUT2D eigenvalue weighted by atomic mass is 10.3. The number of carbonyl (C=O) groups excluding carboxylic acids is 1. The van der Waals surface area contributed by atoms with Crippen LogP contribution >= 0.6 is 11.6 Å². The van der Waals surface area contributed by atoms with Crippen LogP contribution in [0.4, 0.5) is 0 Å². The third-order valence-electron chi connectivity index (χ3n) is 3.37. The third kappa shape index (κ3) is 3.78. The molecule has 0 spiro atoms. The van der Waals surface area contributed by atoms with Crippen LogP contribution in [0.3, 0.4) is 0 Å². The Balaban J connectivity index is 1.55. The van der Waals surface area contributed by atoms with Crippen LogP contribution in [0.1, 0.15) is 5.69 Å². The molecule has 0 aliphatic rings. The molecule has 0 aliphatic heterocycles. The molecule has 3 rings (SSSR count). The zero-order valence-corrected chi connectivity index (χ0v) is 13.8. The summed E-state index contributed by atoms with van der Waals surface area (Å²) in [4.78, 5) is 16.3. The second kappa shape index (κ2) is 7.23. The van der Waals surface area contributed by atoms with E-state index in [9.17, 15) is 4.79 Å². The first-order valence-corrected chi connectivity index (χ1v) is 7.69. The van der Waals surface area contributed by atoms with Gasteiger partial charge in [0.25, 0.3) is 5.91 Å². The second-order valence-electron chi connectivity index (χ2n) is 5.06. The summed E-state index contributed by atoms with van der Waals surface area (Å²) in [6.07, 6.45) is 3.66. The number of benzene rings is 1. The fraction of sp³-hybridized carbons (Fsp3) is 0.176. The molecule has 0 fully saturated rings. The smallest absolute Gasteiger partial charge is 0.258 e. The Bertz CT molecular complexity index is 863. The molecule has 0 atom stereocenters. The Morgan fingerprint density at radius 1 is 1.29 bits per heavy atom. The maximum absolute atomic E-state index is 11.9. The van der Waals surface area contributed by atoms with Crippen LogP contribution in [0.2, 0.25) is 5.02 Å². The molecular weight excluding hydrogens is 330 g/mol. The van der Waals surface area contributed by atoms with E-state index in [1.807, 2.05) is 28.9 Å². The predicted molar refractivity (Wildman–Crippen MR) is 90.5 cm³/mol. The highest BCUT2D eigenvalue weighted by Crippen LogP contribution is 2.25. The van der Waals surface area contributed by atoms with Crippen molar-refractivity contribution < 1.29 is 14.3 Å². The highest BCUT2D eigenvalue weighted by Gasteiger charge is 2.08. The number of nitrogens with zero attached hydrogens (tertiary/aromatic N) is 2. The number of halogens is 1. The number of methoxy groups -OCH3 is 1. The predicted octanol–water partition coefficient (Wildman–Crippen LogP) is 2.69. The number of para-hydroxylation sites is 2. The molecule has 6 nitrogen and oxygen atoms in total. The minimum Gasteiger partial charge on any atom is -0.493 e. The van der Waals surface area contributed by atoms with Crippen molar-refractivity contribution in [3.63, 3.8) is 0 Å². The van der Waals surface area contributed by atoms with Crippen LogP contribution in [0, 0.1) is 0 Å². The maximum Gasteiger partial charge on any atom is 0.258 e. The Morgan fingerprint density at radius 3 is 2.88 bits per heavy atom. The number of pyridine rings is 1. The zero-order valence-electron chi connectivity index (χ0n) is 13.0. The summed E-state index contributed by atoms with van der Waals surface area (Å²) in [6, 6.07) is 10.7. The Hall–Kier alpha value is -2.73. The molecule has 1 aromatic carbocycles. The Labute approximate surface area is 144 Å². The molecule has 3 aromatic rings. The summed E-state index contributed by atoms with van der Waals surface area (Å²) in [5.41, 5.74) is 1.47. The quantitative estimate of drug-likeness (QED) is 0.746. The van der Waals surface area contributed by atoms with Crippen molar-refractivity contribution >= 4 is 23.2 Å². The Kier molecular flexibility index (Phi) is 4.86. The molecule has 0 aliphatic carbocycles. The van der Waals surface area contributed by atoms with Gasteiger partial charge in [0.2, 0.25) is 0 Å². The van der Waals surface area contributed by atoms with E-state index in [-0.39, 0.29) is 12.5 Å². The van der Waals surface area contributed by atoms with Crippen LogP contribution < -0.4 is 14.8 Å². The minimum atomic E-state index is -0.240. The van der Waals surface area contributed by atoms with Gasteiger partial charge in [0.05, 0.1) is 19.3 Å². The van der Waals surface area contributed by atoms with E-state index < -0.39 is 0 Å². The average Bonchev–Trinajstić information content (AvgIpc) is 3.00. The number of hydrogen-bond donors (Lipinski definition) is 1. The number of ether oxygens (including phenoxy) is 2. The topological polar surface area (TPSA) is 64.9 Å². The lowest BCUT2D eigenvalue weighted by Gasteiger charge is -2.10. The van der Waals surface area contributed by atoms with Gasteiger partial charge in [-0.2, -0.15) is 0 Å². The lowest BCUT2D eigenvalue weighted by Crippen LogP contribution is -2.28. The number of hydrogen-bond acceptors (Lipinski definition) is 4. The third-order valence-corrected chi connectivity index (χ3v) is 3.60. The molecule has 1 N–H and O–H groups in total. The first-order valence-electron chi connectivity index (χ1n) is 7.31. The van der Waals surface area contributed by atoms with Gasteiger partial charge in [-0.3, -0.25) is 4.79 Å². The standard InChI is InChI=1S/C17H16ClN3O3/c1-23-14-4-2-3-5-15(14)24-11-17(22)19-9-13-10-21-7-6-12(18)8-16(21)20-13/h2-8,10H,9,11H2,1H3,(H,19,22). The number of nitrogens with one attached hydrogen (secondary N) is 1. The molecule has 0 radical (unpaired) electrons. The summed E-state index contributed by atoms with van der Waals surface area (Å²) in [7, 11) is 1.55. The number of fused-ring (bicyclic) bond motifs is 1. The van der Waals surface area contributed by atoms with Crippen molar-refractivity contribution in [3.05, 3.63) is 59.5 Å². The molecule has 0 saturated carbocycles. The van der Waals surface area contributed by atoms with Crippen LogP contribution in [-0.4, -0.2) is 29.0 Å². The van der Waals surface area contributed by atoms with Gasteiger partial charge in [0.1, 0.15) is 5.65 Å². The first kappa shape index (κ1) is 16.1. The van der Waals surface area contributed by atoms with E-state index >= 15 is 0 Å². The van der Waals surface area contributed by atoms with Crippen molar-refractivity contribution in [1.82, 2.24) is 14.7 Å². The molecule has 1 amide bonds. The van der Waals surface area contributed by atoms with Crippen LogP contribution in [-0.2, 0) is 11.3 Å². The van der Waals surface area contributed by atoms with Gasteiger partial charge in [-0.15, -0.1) is 0 Å².